The molecule has 2 aliphatic rings. The summed E-state index contributed by atoms with van der Waals surface area (Å²) in [4.78, 5) is 0. The molecule has 4 atom stereocenters. The molecule has 0 aromatic heterocycles. The van der Waals surface area contributed by atoms with E-state index < -0.39 is 6.10 Å². The molecule has 0 radical (unpaired) electrons. The van der Waals surface area contributed by atoms with Gasteiger partial charge in [-0.2, -0.15) is 11.8 Å². The third kappa shape index (κ3) is 5.90. The summed E-state index contributed by atoms with van der Waals surface area (Å²) in [5, 5.41) is 14.2. The molecule has 4 nitrogen and oxygen atoms in total. The first-order valence-corrected chi connectivity index (χ1v) is 9.20. The van der Waals surface area contributed by atoms with Crippen LogP contribution in [0.5, 0.6) is 0 Å². The first kappa shape index (κ1) is 16.6. The Balaban J connectivity index is 1.51. The molecule has 2 N–H and O–H groups in total. The van der Waals surface area contributed by atoms with Crippen molar-refractivity contribution in [3.8, 4) is 0 Å². The molecule has 1 saturated heterocycles. The highest BCUT2D eigenvalue weighted by molar-refractivity contribution is 7.99. The lowest BCUT2D eigenvalue weighted by Crippen LogP contribution is -2.40. The molecule has 2 fully saturated rings. The number of aliphatic hydroxyl groups is 1. The number of nitrogens with one attached hydrogen (secondary N) is 1. The average molecular weight is 303 g/mol. The Labute approximate surface area is 127 Å². The smallest absolute Gasteiger partial charge is 0.0897 e. The number of aliphatic hydroxyl groups excluding tert-OH is 1. The van der Waals surface area contributed by atoms with Crippen LogP contribution >= 0.6 is 11.8 Å². The Morgan fingerprint density at radius 1 is 1.35 bits per heavy atom. The van der Waals surface area contributed by atoms with Crippen LogP contribution in [0.3, 0.4) is 0 Å². The molecule has 1 aliphatic heterocycles. The van der Waals surface area contributed by atoms with E-state index >= 15 is 0 Å². The van der Waals surface area contributed by atoms with Crippen molar-refractivity contribution in [3.63, 3.8) is 0 Å². The Morgan fingerprint density at radius 3 is 3.00 bits per heavy atom. The fourth-order valence-electron chi connectivity index (χ4n) is 3.02. The van der Waals surface area contributed by atoms with Gasteiger partial charge >= 0.3 is 0 Å². The highest BCUT2D eigenvalue weighted by Crippen LogP contribution is 2.26. The molecular weight excluding hydrogens is 274 g/mol. The molecule has 0 spiro atoms. The van der Waals surface area contributed by atoms with Crippen molar-refractivity contribution in [1.82, 2.24) is 5.32 Å². The summed E-state index contributed by atoms with van der Waals surface area (Å²) in [6.07, 6.45) is 9.36. The van der Waals surface area contributed by atoms with E-state index in [2.05, 4.69) is 11.6 Å². The van der Waals surface area contributed by atoms with Crippen molar-refractivity contribution in [2.24, 2.45) is 0 Å². The zero-order valence-corrected chi connectivity index (χ0v) is 13.4. The van der Waals surface area contributed by atoms with E-state index in [9.17, 15) is 5.11 Å². The quantitative estimate of drug-likeness (QED) is 0.716. The van der Waals surface area contributed by atoms with E-state index in [4.69, 9.17) is 9.47 Å². The van der Waals surface area contributed by atoms with E-state index in [-0.39, 0.29) is 6.10 Å². The van der Waals surface area contributed by atoms with Gasteiger partial charge in [0.25, 0.3) is 0 Å². The van der Waals surface area contributed by atoms with Gasteiger partial charge in [-0.15, -0.1) is 0 Å². The number of hydrogen-bond donors (Lipinski definition) is 2. The van der Waals surface area contributed by atoms with Gasteiger partial charge in [0.2, 0.25) is 0 Å². The summed E-state index contributed by atoms with van der Waals surface area (Å²) in [5.74, 6) is 0. The predicted octanol–water partition coefficient (Wildman–Crippen LogP) is 1.81. The number of hydrogen-bond acceptors (Lipinski definition) is 5. The molecule has 118 valence electrons. The van der Waals surface area contributed by atoms with Crippen molar-refractivity contribution in [2.45, 2.75) is 62.0 Å². The monoisotopic (exact) mass is 303 g/mol. The van der Waals surface area contributed by atoms with Crippen LogP contribution in [-0.2, 0) is 9.47 Å². The average Bonchev–Trinajstić information content (AvgIpc) is 2.98. The van der Waals surface area contributed by atoms with E-state index in [1.54, 1.807) is 0 Å². The van der Waals surface area contributed by atoms with Crippen molar-refractivity contribution < 1.29 is 14.6 Å². The van der Waals surface area contributed by atoms with Gasteiger partial charge in [0.05, 0.1) is 25.4 Å². The van der Waals surface area contributed by atoms with Gasteiger partial charge in [-0.05, 0) is 38.4 Å². The molecule has 1 saturated carbocycles. The maximum Gasteiger partial charge on any atom is 0.0897 e. The second-order valence-electron chi connectivity index (χ2n) is 5.96. The second kappa shape index (κ2) is 9.26. The number of thioether (sulfide) groups is 1. The molecule has 4 unspecified atom stereocenters. The zero-order valence-electron chi connectivity index (χ0n) is 12.6. The summed E-state index contributed by atoms with van der Waals surface area (Å²) in [5.41, 5.74) is 0. The summed E-state index contributed by atoms with van der Waals surface area (Å²) in [6, 6.07) is 0.564. The topological polar surface area (TPSA) is 50.7 Å². The van der Waals surface area contributed by atoms with Gasteiger partial charge in [-0.3, -0.25) is 0 Å². The fraction of sp³-hybridized carbons (Fsp3) is 1.00. The molecule has 5 heteroatoms. The molecule has 0 bridgehead atoms. The lowest BCUT2D eigenvalue weighted by molar-refractivity contribution is -0.0171. The van der Waals surface area contributed by atoms with Crippen molar-refractivity contribution in [3.05, 3.63) is 0 Å². The van der Waals surface area contributed by atoms with E-state index in [0.29, 0.717) is 25.8 Å². The van der Waals surface area contributed by atoms with Crippen LogP contribution in [0.1, 0.15) is 38.5 Å². The van der Waals surface area contributed by atoms with Crippen LogP contribution in [-0.4, -0.2) is 61.2 Å². The summed E-state index contributed by atoms with van der Waals surface area (Å²) in [6.45, 7) is 2.52. The van der Waals surface area contributed by atoms with E-state index in [1.807, 2.05) is 11.8 Å². The Kier molecular flexibility index (Phi) is 7.66. The van der Waals surface area contributed by atoms with Crippen LogP contribution in [0.4, 0.5) is 0 Å². The van der Waals surface area contributed by atoms with Crippen molar-refractivity contribution >= 4 is 11.8 Å². The third-order valence-corrected chi connectivity index (χ3v) is 5.33. The van der Waals surface area contributed by atoms with Gasteiger partial charge in [0, 0.05) is 24.4 Å². The number of ether oxygens (including phenoxy) is 2. The molecule has 20 heavy (non-hydrogen) atoms. The molecule has 2 rings (SSSR count). The van der Waals surface area contributed by atoms with Gasteiger partial charge in [0.1, 0.15) is 0 Å². The van der Waals surface area contributed by atoms with Gasteiger partial charge in [-0.1, -0.05) is 6.42 Å². The minimum absolute atomic E-state index is 0.246. The Bertz CT molecular complexity index is 262. The minimum Gasteiger partial charge on any atom is -0.389 e. The SMILES string of the molecule is CSC1CCCC(NCC(O)COCC2CCCO2)C1. The molecular formula is C15H29NO3S. The molecule has 1 heterocycles. The highest BCUT2D eigenvalue weighted by Gasteiger charge is 2.21. The standard InChI is InChI=1S/C15H29NO3S/c1-20-15-6-2-4-12(8-15)16-9-13(17)10-18-11-14-5-3-7-19-14/h12-17H,2-11H2,1H3. The van der Waals surface area contributed by atoms with Crippen LogP contribution in [0.15, 0.2) is 0 Å². The second-order valence-corrected chi connectivity index (χ2v) is 7.09. The summed E-state index contributed by atoms with van der Waals surface area (Å²) in [7, 11) is 0. The zero-order chi connectivity index (χ0) is 14.2. The third-order valence-electron chi connectivity index (χ3n) is 4.24. The number of rotatable bonds is 8. The van der Waals surface area contributed by atoms with E-state index in [0.717, 1.165) is 24.7 Å². The summed E-state index contributed by atoms with van der Waals surface area (Å²) < 4.78 is 11.0. The maximum absolute atomic E-state index is 9.94. The molecule has 0 amide bonds. The predicted molar refractivity (Wildman–Crippen MR) is 83.4 cm³/mol. The normalized spacial score (nSPS) is 32.4. The van der Waals surface area contributed by atoms with Crippen molar-refractivity contribution in [2.75, 3.05) is 32.6 Å². The lowest BCUT2D eigenvalue weighted by atomic mass is 9.95. The van der Waals surface area contributed by atoms with E-state index in [1.165, 1.54) is 25.7 Å². The fourth-order valence-corrected chi connectivity index (χ4v) is 3.84. The maximum atomic E-state index is 9.94. The Morgan fingerprint density at radius 2 is 2.25 bits per heavy atom. The van der Waals surface area contributed by atoms with Gasteiger partial charge in [0.15, 0.2) is 0 Å². The first-order valence-electron chi connectivity index (χ1n) is 7.91. The molecule has 1 aliphatic carbocycles. The molecule has 0 aromatic carbocycles. The van der Waals surface area contributed by atoms with Crippen molar-refractivity contribution in [1.29, 1.82) is 0 Å². The molecule has 0 aromatic rings. The van der Waals surface area contributed by atoms with Crippen LogP contribution < -0.4 is 5.32 Å². The van der Waals surface area contributed by atoms with Crippen LogP contribution in [0, 0.1) is 0 Å². The minimum atomic E-state index is -0.411. The largest absolute Gasteiger partial charge is 0.389 e. The van der Waals surface area contributed by atoms with Gasteiger partial charge in [-0.25, -0.2) is 0 Å². The highest BCUT2D eigenvalue weighted by atomic mass is 32.2. The summed E-state index contributed by atoms with van der Waals surface area (Å²) >= 11 is 1.97. The van der Waals surface area contributed by atoms with Gasteiger partial charge < -0.3 is 19.9 Å². The van der Waals surface area contributed by atoms with Crippen LogP contribution in [0.25, 0.3) is 0 Å². The van der Waals surface area contributed by atoms with Crippen LogP contribution in [0.2, 0.25) is 0 Å². The lowest BCUT2D eigenvalue weighted by Gasteiger charge is -2.29. The first-order chi connectivity index (χ1) is 9.78. The Hall–Kier alpha value is 0.190.